The number of benzene rings is 1. The van der Waals surface area contributed by atoms with E-state index in [1.54, 1.807) is 11.3 Å². The molecule has 0 N–H and O–H groups in total. The average molecular weight is 242 g/mol. The van der Waals surface area contributed by atoms with Crippen LogP contribution in [-0.4, -0.2) is 4.98 Å². The Balaban J connectivity index is 2.30. The first kappa shape index (κ1) is 11.8. The van der Waals surface area contributed by atoms with Crippen molar-refractivity contribution in [3.63, 3.8) is 0 Å². The van der Waals surface area contributed by atoms with Gasteiger partial charge in [0.2, 0.25) is 0 Å². The van der Waals surface area contributed by atoms with Crippen LogP contribution in [0.5, 0.6) is 0 Å². The lowest BCUT2D eigenvalue weighted by atomic mass is 10.1. The molecule has 0 fully saturated rings. The van der Waals surface area contributed by atoms with Gasteiger partial charge < -0.3 is 0 Å². The van der Waals surface area contributed by atoms with E-state index in [9.17, 15) is 0 Å². The minimum absolute atomic E-state index is 0.538. The standard InChI is InChI=1S/C14H14N2S/c1-10-5-6-11(2)13(8-10)14-16-12(9-17-14)4-3-7-15/h5-6,8-9H,3-4H2,1-2H3. The Morgan fingerprint density at radius 1 is 1.35 bits per heavy atom. The van der Waals surface area contributed by atoms with Crippen LogP contribution < -0.4 is 0 Å². The predicted octanol–water partition coefficient (Wildman–Crippen LogP) is 3.88. The molecule has 1 aromatic carbocycles. The smallest absolute Gasteiger partial charge is 0.123 e. The zero-order chi connectivity index (χ0) is 12.3. The van der Waals surface area contributed by atoms with Gasteiger partial charge in [0.25, 0.3) is 0 Å². The van der Waals surface area contributed by atoms with Gasteiger partial charge in [-0.05, 0) is 25.5 Å². The first-order chi connectivity index (χ1) is 8.20. The maximum Gasteiger partial charge on any atom is 0.123 e. The summed E-state index contributed by atoms with van der Waals surface area (Å²) in [7, 11) is 0. The summed E-state index contributed by atoms with van der Waals surface area (Å²) < 4.78 is 0. The fraction of sp³-hybridized carbons (Fsp3) is 0.286. The molecule has 1 aromatic heterocycles. The van der Waals surface area contributed by atoms with Crippen LogP contribution in [0.2, 0.25) is 0 Å². The van der Waals surface area contributed by atoms with Gasteiger partial charge in [0, 0.05) is 23.8 Å². The lowest BCUT2D eigenvalue weighted by Crippen LogP contribution is -1.87. The van der Waals surface area contributed by atoms with Crippen LogP contribution in [0.4, 0.5) is 0 Å². The molecule has 2 nitrogen and oxygen atoms in total. The molecule has 0 unspecified atom stereocenters. The summed E-state index contributed by atoms with van der Waals surface area (Å²) in [5, 5.41) is 11.7. The molecule has 3 heteroatoms. The topological polar surface area (TPSA) is 36.7 Å². The van der Waals surface area contributed by atoms with Gasteiger partial charge in [-0.2, -0.15) is 5.26 Å². The van der Waals surface area contributed by atoms with Crippen molar-refractivity contribution in [2.24, 2.45) is 0 Å². The highest BCUT2D eigenvalue weighted by molar-refractivity contribution is 7.13. The first-order valence-corrected chi connectivity index (χ1v) is 6.47. The molecule has 0 saturated carbocycles. The van der Waals surface area contributed by atoms with Crippen molar-refractivity contribution >= 4 is 11.3 Å². The third-order valence-corrected chi connectivity index (χ3v) is 3.59. The van der Waals surface area contributed by atoms with E-state index in [-0.39, 0.29) is 0 Å². The van der Waals surface area contributed by atoms with Crippen molar-refractivity contribution < 1.29 is 0 Å². The Bertz CT molecular complexity index is 564. The third-order valence-electron chi connectivity index (χ3n) is 2.67. The Kier molecular flexibility index (Phi) is 3.55. The van der Waals surface area contributed by atoms with E-state index >= 15 is 0 Å². The van der Waals surface area contributed by atoms with Gasteiger partial charge in [-0.15, -0.1) is 11.3 Å². The Morgan fingerprint density at radius 3 is 2.94 bits per heavy atom. The number of hydrogen-bond donors (Lipinski definition) is 0. The highest BCUT2D eigenvalue weighted by atomic mass is 32.1. The van der Waals surface area contributed by atoms with Gasteiger partial charge in [-0.3, -0.25) is 0 Å². The lowest BCUT2D eigenvalue weighted by Gasteiger charge is -2.03. The molecular weight excluding hydrogens is 228 g/mol. The van der Waals surface area contributed by atoms with Crippen LogP contribution in [-0.2, 0) is 6.42 Å². The number of thiazole rings is 1. The summed E-state index contributed by atoms with van der Waals surface area (Å²) >= 11 is 1.66. The molecule has 2 aromatic rings. The van der Waals surface area contributed by atoms with E-state index < -0.39 is 0 Å². The number of aromatic nitrogens is 1. The van der Waals surface area contributed by atoms with Crippen LogP contribution in [0.3, 0.4) is 0 Å². The van der Waals surface area contributed by atoms with Crippen LogP contribution in [0.25, 0.3) is 10.6 Å². The average Bonchev–Trinajstić information content (AvgIpc) is 2.78. The fourth-order valence-corrected chi connectivity index (χ4v) is 2.63. The highest BCUT2D eigenvalue weighted by Crippen LogP contribution is 2.27. The zero-order valence-corrected chi connectivity index (χ0v) is 10.8. The normalized spacial score (nSPS) is 10.2. The van der Waals surface area contributed by atoms with Gasteiger partial charge in [0.15, 0.2) is 0 Å². The van der Waals surface area contributed by atoms with Gasteiger partial charge in [-0.25, -0.2) is 4.98 Å². The van der Waals surface area contributed by atoms with Gasteiger partial charge in [0.1, 0.15) is 5.01 Å². The van der Waals surface area contributed by atoms with E-state index in [1.807, 2.05) is 0 Å². The van der Waals surface area contributed by atoms with E-state index in [0.717, 1.165) is 17.1 Å². The monoisotopic (exact) mass is 242 g/mol. The van der Waals surface area contributed by atoms with Crippen LogP contribution in [0, 0.1) is 25.2 Å². The molecule has 0 spiro atoms. The Labute approximate surface area is 106 Å². The third kappa shape index (κ3) is 2.72. The maximum atomic E-state index is 8.56. The molecule has 1 heterocycles. The second-order valence-electron chi connectivity index (χ2n) is 4.12. The molecule has 0 saturated heterocycles. The fourth-order valence-electron chi connectivity index (χ4n) is 1.70. The second kappa shape index (κ2) is 5.11. The molecule has 17 heavy (non-hydrogen) atoms. The van der Waals surface area contributed by atoms with E-state index in [1.165, 1.54) is 16.7 Å². The van der Waals surface area contributed by atoms with Crippen LogP contribution in [0.15, 0.2) is 23.6 Å². The van der Waals surface area contributed by atoms with Crippen molar-refractivity contribution in [1.29, 1.82) is 5.26 Å². The molecule has 86 valence electrons. The minimum atomic E-state index is 0.538. The largest absolute Gasteiger partial charge is 0.241 e. The summed E-state index contributed by atoms with van der Waals surface area (Å²) in [5.74, 6) is 0. The highest BCUT2D eigenvalue weighted by Gasteiger charge is 2.07. The maximum absolute atomic E-state index is 8.56. The molecular formula is C14H14N2S. The zero-order valence-electron chi connectivity index (χ0n) is 10.0. The molecule has 2 rings (SSSR count). The van der Waals surface area contributed by atoms with E-state index in [2.05, 4.69) is 48.5 Å². The van der Waals surface area contributed by atoms with Crippen LogP contribution in [0.1, 0.15) is 23.2 Å². The number of hydrogen-bond acceptors (Lipinski definition) is 3. The van der Waals surface area contributed by atoms with Crippen molar-refractivity contribution in [2.75, 3.05) is 0 Å². The van der Waals surface area contributed by atoms with Gasteiger partial charge in [0.05, 0.1) is 11.8 Å². The predicted molar refractivity (Wildman–Crippen MR) is 71.0 cm³/mol. The van der Waals surface area contributed by atoms with E-state index in [4.69, 9.17) is 5.26 Å². The summed E-state index contributed by atoms with van der Waals surface area (Å²) in [5.41, 5.74) is 4.72. The van der Waals surface area contributed by atoms with Crippen molar-refractivity contribution in [3.8, 4) is 16.6 Å². The quantitative estimate of drug-likeness (QED) is 0.819. The first-order valence-electron chi connectivity index (χ1n) is 5.59. The SMILES string of the molecule is Cc1ccc(C)c(-c2nc(CCC#N)cs2)c1. The van der Waals surface area contributed by atoms with Crippen molar-refractivity contribution in [2.45, 2.75) is 26.7 Å². The number of nitrogens with zero attached hydrogens (tertiary/aromatic N) is 2. The Hall–Kier alpha value is -1.66. The Morgan fingerprint density at radius 2 is 2.18 bits per heavy atom. The van der Waals surface area contributed by atoms with Gasteiger partial charge in [-0.1, -0.05) is 17.7 Å². The molecule has 0 aliphatic heterocycles. The molecule has 0 aliphatic carbocycles. The second-order valence-corrected chi connectivity index (χ2v) is 4.98. The van der Waals surface area contributed by atoms with Gasteiger partial charge >= 0.3 is 0 Å². The number of rotatable bonds is 3. The molecule has 0 bridgehead atoms. The van der Waals surface area contributed by atoms with Crippen LogP contribution >= 0.6 is 11.3 Å². The molecule has 0 aliphatic rings. The van der Waals surface area contributed by atoms with Crippen molar-refractivity contribution in [3.05, 3.63) is 40.4 Å². The summed E-state index contributed by atoms with van der Waals surface area (Å²) in [6, 6.07) is 8.56. The molecule has 0 atom stereocenters. The number of nitriles is 1. The lowest BCUT2D eigenvalue weighted by molar-refractivity contribution is 0.968. The minimum Gasteiger partial charge on any atom is -0.241 e. The number of aryl methyl sites for hydroxylation is 3. The van der Waals surface area contributed by atoms with E-state index in [0.29, 0.717) is 6.42 Å². The molecule has 0 radical (unpaired) electrons. The summed E-state index contributed by atoms with van der Waals surface area (Å²) in [4.78, 5) is 4.59. The summed E-state index contributed by atoms with van der Waals surface area (Å²) in [6.45, 7) is 4.19. The van der Waals surface area contributed by atoms with Crippen molar-refractivity contribution in [1.82, 2.24) is 4.98 Å². The summed E-state index contributed by atoms with van der Waals surface area (Å²) in [6.07, 6.45) is 1.29. The molecule has 0 amide bonds.